The summed E-state index contributed by atoms with van der Waals surface area (Å²) in [6.07, 6.45) is 0. The van der Waals surface area contributed by atoms with Gasteiger partial charge in [-0.1, -0.05) is 40.2 Å². The van der Waals surface area contributed by atoms with Gasteiger partial charge >= 0.3 is 0 Å². The fourth-order valence-electron chi connectivity index (χ4n) is 1.92. The Morgan fingerprint density at radius 3 is 2.74 bits per heavy atom. The molecule has 2 rings (SSSR count). The van der Waals surface area contributed by atoms with Gasteiger partial charge in [-0.3, -0.25) is 9.48 Å². The van der Waals surface area contributed by atoms with Crippen molar-refractivity contribution in [1.29, 1.82) is 0 Å². The number of alkyl halides is 1. The molecule has 0 aliphatic rings. The van der Waals surface area contributed by atoms with E-state index in [4.69, 9.17) is 0 Å². The van der Waals surface area contributed by atoms with Gasteiger partial charge in [0.25, 0.3) is 5.91 Å². The molecule has 1 amide bonds. The zero-order valence-electron chi connectivity index (χ0n) is 11.0. The molecule has 1 N–H and O–H groups in total. The summed E-state index contributed by atoms with van der Waals surface area (Å²) >= 11 is 3.42. The van der Waals surface area contributed by atoms with Gasteiger partial charge in [-0.15, -0.1) is 0 Å². The molecular weight excluding hydrogens is 306 g/mol. The fraction of sp³-hybridized carbons (Fsp3) is 0.286. The number of benzene rings is 1. The molecule has 100 valence electrons. The number of nitrogens with zero attached hydrogens (tertiary/aromatic N) is 2. The van der Waals surface area contributed by atoms with Crippen LogP contribution in [0, 0.1) is 6.92 Å². The van der Waals surface area contributed by atoms with Crippen LogP contribution in [-0.2, 0) is 18.9 Å². The van der Waals surface area contributed by atoms with Gasteiger partial charge in [0.05, 0.1) is 5.69 Å². The van der Waals surface area contributed by atoms with Crippen LogP contribution in [-0.4, -0.2) is 15.7 Å². The molecule has 19 heavy (non-hydrogen) atoms. The Balaban J connectivity index is 2.02. The molecule has 0 saturated carbocycles. The van der Waals surface area contributed by atoms with E-state index in [2.05, 4.69) is 32.4 Å². The summed E-state index contributed by atoms with van der Waals surface area (Å²) in [4.78, 5) is 12.0. The molecule has 1 heterocycles. The molecule has 0 saturated heterocycles. The van der Waals surface area contributed by atoms with Gasteiger partial charge in [0, 0.05) is 18.9 Å². The zero-order valence-corrected chi connectivity index (χ0v) is 12.6. The van der Waals surface area contributed by atoms with Gasteiger partial charge in [0.1, 0.15) is 5.69 Å². The second kappa shape index (κ2) is 6.02. The smallest absolute Gasteiger partial charge is 0.269 e. The third-order valence-corrected chi connectivity index (χ3v) is 3.48. The van der Waals surface area contributed by atoms with Crippen LogP contribution in [0.3, 0.4) is 0 Å². The Labute approximate surface area is 120 Å². The first-order chi connectivity index (χ1) is 9.10. The fourth-order valence-corrected chi connectivity index (χ4v) is 2.27. The lowest BCUT2D eigenvalue weighted by molar-refractivity contribution is 0.0941. The van der Waals surface area contributed by atoms with Crippen LogP contribution < -0.4 is 5.32 Å². The number of carbonyl (C=O) groups excluding carboxylic acids is 1. The molecule has 0 fully saturated rings. The minimum atomic E-state index is -0.104. The van der Waals surface area contributed by atoms with Gasteiger partial charge in [0.2, 0.25) is 0 Å². The van der Waals surface area contributed by atoms with Crippen LogP contribution in [0.25, 0.3) is 0 Å². The zero-order chi connectivity index (χ0) is 13.8. The van der Waals surface area contributed by atoms with Crippen LogP contribution in [0.15, 0.2) is 30.3 Å². The molecule has 0 atom stereocenters. The second-order valence-electron chi connectivity index (χ2n) is 4.43. The number of carbonyl (C=O) groups is 1. The third kappa shape index (κ3) is 3.44. The molecule has 2 aromatic rings. The second-order valence-corrected chi connectivity index (χ2v) is 4.99. The highest BCUT2D eigenvalue weighted by Crippen LogP contribution is 2.09. The van der Waals surface area contributed by atoms with Crippen molar-refractivity contribution in [2.75, 3.05) is 0 Å². The van der Waals surface area contributed by atoms with Crippen LogP contribution in [0.4, 0.5) is 0 Å². The maximum absolute atomic E-state index is 12.0. The van der Waals surface area contributed by atoms with Crippen molar-refractivity contribution >= 4 is 21.8 Å². The summed E-state index contributed by atoms with van der Waals surface area (Å²) in [5.74, 6) is -0.104. The largest absolute Gasteiger partial charge is 0.347 e. The summed E-state index contributed by atoms with van der Waals surface area (Å²) in [5.41, 5.74) is 3.70. The Morgan fingerprint density at radius 1 is 1.37 bits per heavy atom. The van der Waals surface area contributed by atoms with E-state index in [9.17, 15) is 4.79 Å². The lowest BCUT2D eigenvalue weighted by atomic mass is 10.1. The summed E-state index contributed by atoms with van der Waals surface area (Å²) < 4.78 is 1.60. The van der Waals surface area contributed by atoms with Crippen LogP contribution in [0.5, 0.6) is 0 Å². The number of hydrogen-bond acceptors (Lipinski definition) is 2. The SMILES string of the molecule is Cc1cc(C(=O)NCc2cccc(CBr)c2)n(C)n1. The highest BCUT2D eigenvalue weighted by Gasteiger charge is 2.11. The Morgan fingerprint density at radius 2 is 2.11 bits per heavy atom. The van der Waals surface area contributed by atoms with E-state index in [1.54, 1.807) is 17.8 Å². The summed E-state index contributed by atoms with van der Waals surface area (Å²) in [6.45, 7) is 2.39. The van der Waals surface area contributed by atoms with Gasteiger partial charge in [0.15, 0.2) is 0 Å². The number of nitrogens with one attached hydrogen (secondary N) is 1. The molecule has 0 aliphatic carbocycles. The average molecular weight is 322 g/mol. The topological polar surface area (TPSA) is 46.9 Å². The molecule has 0 unspecified atom stereocenters. The number of halogens is 1. The Bertz CT molecular complexity index is 592. The van der Waals surface area contributed by atoms with Gasteiger partial charge in [-0.05, 0) is 24.1 Å². The minimum Gasteiger partial charge on any atom is -0.347 e. The van der Waals surface area contributed by atoms with E-state index in [1.807, 2.05) is 25.1 Å². The lowest BCUT2D eigenvalue weighted by Gasteiger charge is -2.06. The molecule has 0 bridgehead atoms. The van der Waals surface area contributed by atoms with Gasteiger partial charge in [-0.25, -0.2) is 0 Å². The maximum Gasteiger partial charge on any atom is 0.269 e. The molecule has 4 nitrogen and oxygen atoms in total. The van der Waals surface area contributed by atoms with E-state index >= 15 is 0 Å². The van der Waals surface area contributed by atoms with Crippen molar-refractivity contribution < 1.29 is 4.79 Å². The number of aryl methyl sites for hydroxylation is 2. The highest BCUT2D eigenvalue weighted by molar-refractivity contribution is 9.08. The summed E-state index contributed by atoms with van der Waals surface area (Å²) in [7, 11) is 1.77. The van der Waals surface area contributed by atoms with Gasteiger partial charge in [-0.2, -0.15) is 5.10 Å². The first-order valence-corrected chi connectivity index (χ1v) is 7.15. The molecule has 0 aliphatic heterocycles. The van der Waals surface area contributed by atoms with Crippen LogP contribution in [0.1, 0.15) is 27.3 Å². The van der Waals surface area contributed by atoms with Crippen molar-refractivity contribution in [3.8, 4) is 0 Å². The number of aromatic nitrogens is 2. The Hall–Kier alpha value is -1.62. The van der Waals surface area contributed by atoms with E-state index in [0.29, 0.717) is 12.2 Å². The van der Waals surface area contributed by atoms with Crippen molar-refractivity contribution in [2.24, 2.45) is 7.05 Å². The van der Waals surface area contributed by atoms with Crippen LogP contribution >= 0.6 is 15.9 Å². The number of rotatable bonds is 4. The van der Waals surface area contributed by atoms with E-state index in [-0.39, 0.29) is 5.91 Å². The normalized spacial score (nSPS) is 10.5. The monoisotopic (exact) mass is 321 g/mol. The summed E-state index contributed by atoms with van der Waals surface area (Å²) in [5, 5.41) is 7.88. The predicted octanol–water partition coefficient (Wildman–Crippen LogP) is 2.55. The Kier molecular flexibility index (Phi) is 4.37. The van der Waals surface area contributed by atoms with Crippen molar-refractivity contribution in [3.63, 3.8) is 0 Å². The first-order valence-electron chi connectivity index (χ1n) is 6.03. The summed E-state index contributed by atoms with van der Waals surface area (Å²) in [6, 6.07) is 9.89. The predicted molar refractivity (Wildman–Crippen MR) is 78.2 cm³/mol. The van der Waals surface area contributed by atoms with Gasteiger partial charge < -0.3 is 5.32 Å². The van der Waals surface area contributed by atoms with Crippen LogP contribution in [0.2, 0.25) is 0 Å². The average Bonchev–Trinajstić information content (AvgIpc) is 2.75. The lowest BCUT2D eigenvalue weighted by Crippen LogP contribution is -2.25. The number of hydrogen-bond donors (Lipinski definition) is 1. The quantitative estimate of drug-likeness (QED) is 0.880. The van der Waals surface area contributed by atoms with E-state index in [1.165, 1.54) is 5.56 Å². The van der Waals surface area contributed by atoms with Crippen molar-refractivity contribution in [2.45, 2.75) is 18.8 Å². The molecule has 0 spiro atoms. The molecule has 5 heteroatoms. The maximum atomic E-state index is 12.0. The number of amides is 1. The standard InChI is InChI=1S/C14H16BrN3O/c1-10-6-13(18(2)17-10)14(19)16-9-12-5-3-4-11(7-12)8-15/h3-7H,8-9H2,1-2H3,(H,16,19). The van der Waals surface area contributed by atoms with E-state index in [0.717, 1.165) is 16.6 Å². The molecular formula is C14H16BrN3O. The van der Waals surface area contributed by atoms with Crippen molar-refractivity contribution in [1.82, 2.24) is 15.1 Å². The molecule has 1 aromatic heterocycles. The van der Waals surface area contributed by atoms with Crippen molar-refractivity contribution in [3.05, 3.63) is 52.8 Å². The third-order valence-electron chi connectivity index (χ3n) is 2.83. The highest BCUT2D eigenvalue weighted by atomic mass is 79.9. The first kappa shape index (κ1) is 13.8. The van der Waals surface area contributed by atoms with E-state index < -0.39 is 0 Å². The molecule has 1 aromatic carbocycles. The minimum absolute atomic E-state index is 0.104. The molecule has 0 radical (unpaired) electrons.